The van der Waals surface area contributed by atoms with Crippen molar-refractivity contribution in [3.63, 3.8) is 0 Å². The first kappa shape index (κ1) is 22.1. The summed E-state index contributed by atoms with van der Waals surface area (Å²) in [6.45, 7) is 7.45. The summed E-state index contributed by atoms with van der Waals surface area (Å²) in [5, 5.41) is 3.68. The lowest BCUT2D eigenvalue weighted by atomic mass is 10.1. The molecule has 1 aromatic heterocycles. The highest BCUT2D eigenvalue weighted by Gasteiger charge is 2.14. The molecule has 1 amide bonds. The van der Waals surface area contributed by atoms with Crippen LogP contribution in [0.4, 0.5) is 0 Å². The van der Waals surface area contributed by atoms with E-state index >= 15 is 0 Å². The molecule has 0 aliphatic carbocycles. The van der Waals surface area contributed by atoms with Crippen molar-refractivity contribution in [3.05, 3.63) is 59.7 Å². The van der Waals surface area contributed by atoms with Crippen molar-refractivity contribution in [2.24, 2.45) is 5.92 Å². The van der Waals surface area contributed by atoms with Gasteiger partial charge in [-0.25, -0.2) is 4.98 Å². The fraction of sp³-hybridized carbons (Fsp3) is 0.375. The Balaban J connectivity index is 1.64. The highest BCUT2D eigenvalue weighted by molar-refractivity contribution is 7.99. The van der Waals surface area contributed by atoms with Gasteiger partial charge in [-0.05, 0) is 36.5 Å². The monoisotopic (exact) mass is 423 g/mol. The molecule has 0 unspecified atom stereocenters. The number of Topliss-reactive ketones (excluding diaryl/α,β-unsaturated/α-hetero) is 1. The molecule has 158 valence electrons. The SMILES string of the molecule is CC(=O)NCCc1ccc(C(=O)CSc2nc3ccccc3n2CCC(C)C)cc1. The molecule has 0 spiro atoms. The maximum absolute atomic E-state index is 12.7. The molecular formula is C24H29N3O2S. The van der Waals surface area contributed by atoms with E-state index in [4.69, 9.17) is 4.98 Å². The van der Waals surface area contributed by atoms with Crippen LogP contribution in [0, 0.1) is 5.92 Å². The number of hydrogen-bond donors (Lipinski definition) is 1. The summed E-state index contributed by atoms with van der Waals surface area (Å²) < 4.78 is 2.23. The Labute approximate surface area is 182 Å². The second kappa shape index (κ2) is 10.4. The Morgan fingerprint density at radius 2 is 1.83 bits per heavy atom. The van der Waals surface area contributed by atoms with Crippen molar-refractivity contribution in [2.75, 3.05) is 12.3 Å². The highest BCUT2D eigenvalue weighted by Crippen LogP contribution is 2.26. The fourth-order valence-corrected chi connectivity index (χ4v) is 4.16. The largest absolute Gasteiger partial charge is 0.356 e. The van der Waals surface area contributed by atoms with E-state index in [9.17, 15) is 9.59 Å². The number of imidazole rings is 1. The molecule has 0 fully saturated rings. The summed E-state index contributed by atoms with van der Waals surface area (Å²) in [6, 6.07) is 15.8. The number of hydrogen-bond acceptors (Lipinski definition) is 4. The molecule has 0 atom stereocenters. The number of thioether (sulfide) groups is 1. The average Bonchev–Trinajstić information content (AvgIpc) is 3.08. The molecule has 30 heavy (non-hydrogen) atoms. The van der Waals surface area contributed by atoms with Gasteiger partial charge >= 0.3 is 0 Å². The topological polar surface area (TPSA) is 64.0 Å². The molecule has 2 aromatic carbocycles. The molecule has 0 saturated heterocycles. The molecule has 6 heteroatoms. The van der Waals surface area contributed by atoms with E-state index in [0.717, 1.165) is 41.1 Å². The number of nitrogens with zero attached hydrogens (tertiary/aromatic N) is 2. The summed E-state index contributed by atoms with van der Waals surface area (Å²) in [5.41, 5.74) is 3.90. The van der Waals surface area contributed by atoms with Crippen LogP contribution in [0.5, 0.6) is 0 Å². The van der Waals surface area contributed by atoms with E-state index in [1.165, 1.54) is 18.7 Å². The quantitative estimate of drug-likeness (QED) is 0.378. The van der Waals surface area contributed by atoms with Crippen molar-refractivity contribution in [2.45, 2.75) is 45.3 Å². The predicted molar refractivity (Wildman–Crippen MR) is 123 cm³/mol. The lowest BCUT2D eigenvalue weighted by Gasteiger charge is -2.10. The van der Waals surface area contributed by atoms with Crippen LogP contribution in [-0.2, 0) is 17.8 Å². The zero-order valence-electron chi connectivity index (χ0n) is 17.9. The predicted octanol–water partition coefficient (Wildman–Crippen LogP) is 4.74. The van der Waals surface area contributed by atoms with Crippen LogP contribution in [0.3, 0.4) is 0 Å². The summed E-state index contributed by atoms with van der Waals surface area (Å²) in [4.78, 5) is 28.4. The van der Waals surface area contributed by atoms with E-state index < -0.39 is 0 Å². The molecule has 0 saturated carbocycles. The van der Waals surface area contributed by atoms with Crippen molar-refractivity contribution < 1.29 is 9.59 Å². The van der Waals surface area contributed by atoms with Gasteiger partial charge < -0.3 is 9.88 Å². The normalized spacial score (nSPS) is 11.2. The minimum Gasteiger partial charge on any atom is -0.356 e. The van der Waals surface area contributed by atoms with Gasteiger partial charge in [0.25, 0.3) is 0 Å². The Hall–Kier alpha value is -2.60. The number of carbonyl (C=O) groups excluding carboxylic acids is 2. The number of fused-ring (bicyclic) bond motifs is 1. The first-order chi connectivity index (χ1) is 14.4. The van der Waals surface area contributed by atoms with E-state index in [1.807, 2.05) is 42.5 Å². The first-order valence-corrected chi connectivity index (χ1v) is 11.4. The van der Waals surface area contributed by atoms with Gasteiger partial charge in [0, 0.05) is 25.6 Å². The van der Waals surface area contributed by atoms with Crippen LogP contribution in [0.25, 0.3) is 11.0 Å². The van der Waals surface area contributed by atoms with Crippen molar-refractivity contribution in [1.29, 1.82) is 0 Å². The average molecular weight is 424 g/mol. The zero-order chi connectivity index (χ0) is 21.5. The number of ketones is 1. The van der Waals surface area contributed by atoms with Gasteiger partial charge in [0.2, 0.25) is 5.91 Å². The van der Waals surface area contributed by atoms with Crippen molar-refractivity contribution >= 4 is 34.5 Å². The number of benzene rings is 2. The molecule has 3 aromatic rings. The standard InChI is InChI=1S/C24H29N3O2S/c1-17(2)13-15-27-22-7-5-4-6-21(22)26-24(27)30-16-23(29)20-10-8-19(9-11-20)12-14-25-18(3)28/h4-11,17H,12-16H2,1-3H3,(H,25,28). The second-order valence-corrected chi connectivity index (χ2v) is 8.80. The van der Waals surface area contributed by atoms with Gasteiger partial charge in [-0.3, -0.25) is 9.59 Å². The molecule has 1 N–H and O–H groups in total. The molecule has 0 aliphatic heterocycles. The van der Waals surface area contributed by atoms with E-state index in [0.29, 0.717) is 23.8 Å². The highest BCUT2D eigenvalue weighted by atomic mass is 32.2. The number of carbonyl (C=O) groups is 2. The minimum atomic E-state index is -0.0294. The molecule has 0 radical (unpaired) electrons. The Kier molecular flexibility index (Phi) is 7.69. The van der Waals surface area contributed by atoms with Crippen LogP contribution < -0.4 is 5.32 Å². The Morgan fingerprint density at radius 3 is 2.53 bits per heavy atom. The Morgan fingerprint density at radius 1 is 1.10 bits per heavy atom. The molecule has 0 bridgehead atoms. The lowest BCUT2D eigenvalue weighted by molar-refractivity contribution is -0.118. The van der Waals surface area contributed by atoms with Crippen LogP contribution in [0.2, 0.25) is 0 Å². The van der Waals surface area contributed by atoms with E-state index in [1.54, 1.807) is 0 Å². The molecular weight excluding hydrogens is 394 g/mol. The van der Waals surface area contributed by atoms with Crippen molar-refractivity contribution in [3.8, 4) is 0 Å². The fourth-order valence-electron chi connectivity index (χ4n) is 3.22. The first-order valence-electron chi connectivity index (χ1n) is 10.4. The van der Waals surface area contributed by atoms with Gasteiger partial charge in [0.05, 0.1) is 16.8 Å². The maximum Gasteiger partial charge on any atom is 0.216 e. The summed E-state index contributed by atoms with van der Waals surface area (Å²) >= 11 is 1.50. The van der Waals surface area contributed by atoms with Crippen LogP contribution in [-0.4, -0.2) is 33.5 Å². The van der Waals surface area contributed by atoms with Gasteiger partial charge in [0.1, 0.15) is 0 Å². The minimum absolute atomic E-state index is 0.0294. The van der Waals surface area contributed by atoms with Crippen LogP contribution in [0.15, 0.2) is 53.7 Å². The zero-order valence-corrected chi connectivity index (χ0v) is 18.7. The molecule has 0 aliphatic rings. The lowest BCUT2D eigenvalue weighted by Crippen LogP contribution is -2.22. The molecule has 3 rings (SSSR count). The number of para-hydroxylation sites is 2. The van der Waals surface area contributed by atoms with Gasteiger partial charge in [-0.15, -0.1) is 0 Å². The number of amides is 1. The van der Waals surface area contributed by atoms with Crippen molar-refractivity contribution in [1.82, 2.24) is 14.9 Å². The molecule has 5 nitrogen and oxygen atoms in total. The third-order valence-electron chi connectivity index (χ3n) is 4.95. The smallest absolute Gasteiger partial charge is 0.216 e. The van der Waals surface area contributed by atoms with E-state index in [-0.39, 0.29) is 11.7 Å². The van der Waals surface area contributed by atoms with Crippen LogP contribution >= 0.6 is 11.8 Å². The van der Waals surface area contributed by atoms with Gasteiger partial charge in [-0.1, -0.05) is 62.0 Å². The number of aryl methyl sites for hydroxylation is 1. The number of nitrogens with one attached hydrogen (secondary N) is 1. The second-order valence-electron chi connectivity index (χ2n) is 7.86. The maximum atomic E-state index is 12.7. The third kappa shape index (κ3) is 5.95. The number of rotatable bonds is 10. The third-order valence-corrected chi connectivity index (χ3v) is 5.92. The van der Waals surface area contributed by atoms with Crippen LogP contribution in [0.1, 0.15) is 43.1 Å². The Bertz CT molecular complexity index is 1010. The van der Waals surface area contributed by atoms with E-state index in [2.05, 4.69) is 29.8 Å². The number of aromatic nitrogens is 2. The van der Waals surface area contributed by atoms with Gasteiger partial charge in [-0.2, -0.15) is 0 Å². The summed E-state index contributed by atoms with van der Waals surface area (Å²) in [5.74, 6) is 1.03. The van der Waals surface area contributed by atoms with Gasteiger partial charge in [0.15, 0.2) is 10.9 Å². The molecule has 1 heterocycles. The summed E-state index contributed by atoms with van der Waals surface area (Å²) in [6.07, 6.45) is 1.82. The summed E-state index contributed by atoms with van der Waals surface area (Å²) in [7, 11) is 0.